The van der Waals surface area contributed by atoms with E-state index in [2.05, 4.69) is 17.1 Å². The maximum atomic E-state index is 11.2. The van der Waals surface area contributed by atoms with E-state index in [9.17, 15) is 15.2 Å². The van der Waals surface area contributed by atoms with Crippen LogP contribution in [-0.2, 0) is 0 Å². The van der Waals surface area contributed by atoms with Crippen molar-refractivity contribution < 1.29 is 14.8 Å². The topological polar surface area (TPSA) is 87.9 Å². The SMILES string of the molecule is CCCC[C@@H](c1cc(OC)c(O)c([N+](=O)[O-])c1)N1CCNCC1.Cl.Cl. The molecule has 2 rings (SSSR count). The Kier molecular flexibility index (Phi) is 10.8. The molecule has 1 aromatic rings. The third-order valence-electron chi connectivity index (χ3n) is 4.30. The molecular formula is C16H27Cl2N3O4. The molecule has 1 aliphatic heterocycles. The Labute approximate surface area is 160 Å². The lowest BCUT2D eigenvalue weighted by molar-refractivity contribution is -0.386. The van der Waals surface area contributed by atoms with E-state index in [1.54, 1.807) is 6.07 Å². The van der Waals surface area contributed by atoms with Crippen LogP contribution < -0.4 is 10.1 Å². The van der Waals surface area contributed by atoms with Crippen molar-refractivity contribution in [1.29, 1.82) is 0 Å². The van der Waals surface area contributed by atoms with E-state index in [-0.39, 0.29) is 42.3 Å². The normalized spacial score (nSPS) is 15.6. The predicted molar refractivity (Wildman–Crippen MR) is 103 cm³/mol. The van der Waals surface area contributed by atoms with Crippen molar-refractivity contribution in [3.8, 4) is 11.5 Å². The maximum Gasteiger partial charge on any atom is 0.314 e. The van der Waals surface area contributed by atoms with Gasteiger partial charge in [-0.25, -0.2) is 0 Å². The van der Waals surface area contributed by atoms with Gasteiger partial charge in [-0.15, -0.1) is 24.8 Å². The van der Waals surface area contributed by atoms with Gasteiger partial charge in [0.05, 0.1) is 12.0 Å². The van der Waals surface area contributed by atoms with Gasteiger partial charge >= 0.3 is 5.69 Å². The summed E-state index contributed by atoms with van der Waals surface area (Å²) < 4.78 is 5.13. The van der Waals surface area contributed by atoms with Crippen LogP contribution in [0.5, 0.6) is 11.5 Å². The van der Waals surface area contributed by atoms with E-state index < -0.39 is 10.7 Å². The van der Waals surface area contributed by atoms with Crippen molar-refractivity contribution in [2.75, 3.05) is 33.3 Å². The van der Waals surface area contributed by atoms with Gasteiger partial charge in [0.25, 0.3) is 0 Å². The minimum absolute atomic E-state index is 0. The number of benzene rings is 1. The quantitative estimate of drug-likeness (QED) is 0.543. The van der Waals surface area contributed by atoms with Crippen LogP contribution in [0, 0.1) is 10.1 Å². The summed E-state index contributed by atoms with van der Waals surface area (Å²) in [4.78, 5) is 13.0. The smallest absolute Gasteiger partial charge is 0.314 e. The van der Waals surface area contributed by atoms with Gasteiger partial charge in [-0.3, -0.25) is 15.0 Å². The second-order valence-electron chi connectivity index (χ2n) is 5.79. The fourth-order valence-corrected chi connectivity index (χ4v) is 3.05. The summed E-state index contributed by atoms with van der Waals surface area (Å²) in [6.07, 6.45) is 3.05. The van der Waals surface area contributed by atoms with Gasteiger partial charge in [0.2, 0.25) is 5.75 Å². The largest absolute Gasteiger partial charge is 0.500 e. The lowest BCUT2D eigenvalue weighted by Gasteiger charge is -2.35. The molecule has 0 aromatic heterocycles. The number of piperazine rings is 1. The Morgan fingerprint density at radius 1 is 1.36 bits per heavy atom. The van der Waals surface area contributed by atoms with Gasteiger partial charge < -0.3 is 15.2 Å². The molecule has 0 amide bonds. The monoisotopic (exact) mass is 395 g/mol. The Morgan fingerprint density at radius 3 is 2.52 bits per heavy atom. The zero-order valence-corrected chi connectivity index (χ0v) is 16.2. The molecule has 0 saturated carbocycles. The number of ether oxygens (including phenoxy) is 1. The van der Waals surface area contributed by atoms with Crippen LogP contribution in [0.3, 0.4) is 0 Å². The van der Waals surface area contributed by atoms with E-state index in [4.69, 9.17) is 4.74 Å². The van der Waals surface area contributed by atoms with Crippen molar-refractivity contribution in [2.24, 2.45) is 0 Å². The molecule has 1 aromatic carbocycles. The first-order valence-corrected chi connectivity index (χ1v) is 8.08. The Bertz CT molecular complexity index is 554. The highest BCUT2D eigenvalue weighted by atomic mass is 35.5. The highest BCUT2D eigenvalue weighted by Gasteiger charge is 2.27. The molecule has 9 heteroatoms. The molecule has 0 unspecified atom stereocenters. The first-order chi connectivity index (χ1) is 11.1. The standard InChI is InChI=1S/C16H25N3O4.2ClH/c1-3-4-5-13(18-8-6-17-7-9-18)12-10-14(19(21)22)16(20)15(11-12)23-2;;/h10-11,13,17,20H,3-9H2,1-2H3;2*1H/t13-;;/m0../s1. The third kappa shape index (κ3) is 5.88. The Balaban J connectivity index is 0.00000288. The van der Waals surface area contributed by atoms with Crippen LogP contribution in [-0.4, -0.2) is 48.2 Å². The molecule has 1 aliphatic rings. The van der Waals surface area contributed by atoms with Crippen molar-refractivity contribution >= 4 is 30.5 Å². The average Bonchev–Trinajstić information content (AvgIpc) is 2.57. The highest BCUT2D eigenvalue weighted by molar-refractivity contribution is 5.85. The van der Waals surface area contributed by atoms with Crippen molar-refractivity contribution in [1.82, 2.24) is 10.2 Å². The molecule has 2 N–H and O–H groups in total. The van der Waals surface area contributed by atoms with E-state index in [0.717, 1.165) is 51.0 Å². The van der Waals surface area contributed by atoms with Crippen molar-refractivity contribution in [2.45, 2.75) is 32.2 Å². The number of halogens is 2. The number of phenols is 1. The second-order valence-corrected chi connectivity index (χ2v) is 5.79. The number of phenolic OH excluding ortho intramolecular Hbond substituents is 1. The van der Waals surface area contributed by atoms with Crippen molar-refractivity contribution in [3.05, 3.63) is 27.8 Å². The number of nitrogens with one attached hydrogen (secondary N) is 1. The molecule has 1 saturated heterocycles. The highest BCUT2D eigenvalue weighted by Crippen LogP contribution is 2.40. The molecule has 0 aliphatic carbocycles. The molecule has 1 fully saturated rings. The van der Waals surface area contributed by atoms with E-state index in [0.29, 0.717) is 0 Å². The van der Waals surface area contributed by atoms with Crippen LogP contribution in [0.15, 0.2) is 12.1 Å². The Morgan fingerprint density at radius 2 is 2.00 bits per heavy atom. The minimum Gasteiger partial charge on any atom is -0.500 e. The fourth-order valence-electron chi connectivity index (χ4n) is 3.05. The van der Waals surface area contributed by atoms with Crippen molar-refractivity contribution in [3.63, 3.8) is 0 Å². The molecular weight excluding hydrogens is 369 g/mol. The molecule has 0 spiro atoms. The summed E-state index contributed by atoms with van der Waals surface area (Å²) >= 11 is 0. The molecule has 25 heavy (non-hydrogen) atoms. The summed E-state index contributed by atoms with van der Waals surface area (Å²) in [6.45, 7) is 5.78. The number of nitro benzene ring substituents is 1. The molecule has 1 heterocycles. The van der Waals surface area contributed by atoms with Crippen LogP contribution in [0.2, 0.25) is 0 Å². The van der Waals surface area contributed by atoms with Crippen LogP contribution in [0.4, 0.5) is 5.69 Å². The second kappa shape index (κ2) is 11.4. The zero-order valence-electron chi connectivity index (χ0n) is 14.6. The summed E-state index contributed by atoms with van der Waals surface area (Å²) in [5, 5.41) is 24.5. The summed E-state index contributed by atoms with van der Waals surface area (Å²) in [5.41, 5.74) is 0.540. The number of rotatable bonds is 7. The summed E-state index contributed by atoms with van der Waals surface area (Å²) in [6, 6.07) is 3.32. The van der Waals surface area contributed by atoms with E-state index in [1.165, 1.54) is 13.2 Å². The molecule has 7 nitrogen and oxygen atoms in total. The van der Waals surface area contributed by atoms with Gasteiger partial charge in [0, 0.05) is 38.3 Å². The Hall–Kier alpha value is -1.28. The van der Waals surface area contributed by atoms with Crippen LogP contribution in [0.25, 0.3) is 0 Å². The minimum atomic E-state index is -0.560. The maximum absolute atomic E-state index is 11.2. The summed E-state index contributed by atoms with van der Waals surface area (Å²) in [7, 11) is 1.41. The average molecular weight is 396 g/mol. The van der Waals surface area contributed by atoms with Gasteiger partial charge in [-0.1, -0.05) is 19.8 Å². The van der Waals surface area contributed by atoms with E-state index in [1.807, 2.05) is 0 Å². The lowest BCUT2D eigenvalue weighted by Crippen LogP contribution is -2.45. The van der Waals surface area contributed by atoms with Crippen LogP contribution >= 0.6 is 24.8 Å². The van der Waals surface area contributed by atoms with Crippen LogP contribution in [0.1, 0.15) is 37.8 Å². The number of unbranched alkanes of at least 4 members (excludes halogenated alkanes) is 1. The first-order valence-electron chi connectivity index (χ1n) is 8.08. The van der Waals surface area contributed by atoms with Gasteiger partial charge in [-0.2, -0.15) is 0 Å². The summed E-state index contributed by atoms with van der Waals surface area (Å²) in [5.74, 6) is -0.248. The number of hydrogen-bond acceptors (Lipinski definition) is 6. The molecule has 0 bridgehead atoms. The molecule has 144 valence electrons. The number of nitrogens with zero attached hydrogens (tertiary/aromatic N) is 2. The third-order valence-corrected chi connectivity index (χ3v) is 4.30. The predicted octanol–water partition coefficient (Wildman–Crippen LogP) is 3.29. The number of hydrogen-bond donors (Lipinski definition) is 2. The van der Waals surface area contributed by atoms with E-state index >= 15 is 0 Å². The van der Waals surface area contributed by atoms with Gasteiger partial charge in [0.1, 0.15) is 0 Å². The first kappa shape index (κ1) is 23.7. The number of methoxy groups -OCH3 is 1. The van der Waals surface area contributed by atoms with Gasteiger partial charge in [-0.05, 0) is 18.1 Å². The number of nitro groups is 1. The van der Waals surface area contributed by atoms with Gasteiger partial charge in [0.15, 0.2) is 5.75 Å². The molecule has 1 atom stereocenters. The molecule has 0 radical (unpaired) electrons. The lowest BCUT2D eigenvalue weighted by atomic mass is 9.97. The zero-order chi connectivity index (χ0) is 16.8. The number of aromatic hydroxyl groups is 1. The fraction of sp³-hybridized carbons (Fsp3) is 0.625.